The van der Waals surface area contributed by atoms with Crippen LogP contribution in [0, 0.1) is 11.8 Å². The lowest BCUT2D eigenvalue weighted by Gasteiger charge is -2.48. The van der Waals surface area contributed by atoms with Gasteiger partial charge in [-0.3, -0.25) is 0 Å². The van der Waals surface area contributed by atoms with Gasteiger partial charge in [-0.05, 0) is 56.1 Å². The minimum absolute atomic E-state index is 0.262. The number of nitrogens with zero attached hydrogens (tertiary/aromatic N) is 1. The van der Waals surface area contributed by atoms with Gasteiger partial charge in [-0.1, -0.05) is 12.1 Å². The van der Waals surface area contributed by atoms with Crippen LogP contribution in [0.5, 0.6) is 11.5 Å². The van der Waals surface area contributed by atoms with E-state index in [-0.39, 0.29) is 12.0 Å². The Labute approximate surface area is 153 Å². The summed E-state index contributed by atoms with van der Waals surface area (Å²) in [6.07, 6.45) is 4.68. The van der Waals surface area contributed by atoms with Crippen LogP contribution in [-0.2, 0) is 15.9 Å². The number of piperidine rings is 1. The summed E-state index contributed by atoms with van der Waals surface area (Å²) < 4.78 is 22.1. The van der Waals surface area contributed by atoms with Crippen LogP contribution in [0.3, 0.4) is 0 Å². The number of likely N-dealkylation sites (N-methyl/N-ethyl adjacent to an activating group) is 1. The summed E-state index contributed by atoms with van der Waals surface area (Å²) >= 11 is 0. The lowest BCUT2D eigenvalue weighted by molar-refractivity contribution is -0.0546. The SMILES string of the molecule is COC(=O)O[C@H]1C=C[C@@H]2[C@@H]3CCN(C)[C@@H]2Cc2ccc(OC)c(c2)O[C@H]31. The molecule has 6 bridgehead atoms. The molecule has 0 saturated carbocycles. The second kappa shape index (κ2) is 6.83. The molecule has 6 nitrogen and oxygen atoms in total. The Hall–Kier alpha value is -2.21. The van der Waals surface area contributed by atoms with E-state index in [0.717, 1.165) is 19.4 Å². The van der Waals surface area contributed by atoms with E-state index in [1.54, 1.807) is 7.11 Å². The normalized spacial score (nSPS) is 32.5. The van der Waals surface area contributed by atoms with E-state index in [0.29, 0.717) is 23.5 Å². The van der Waals surface area contributed by atoms with Crippen molar-refractivity contribution in [1.29, 1.82) is 0 Å². The Balaban J connectivity index is 1.77. The van der Waals surface area contributed by atoms with Crippen LogP contribution in [0.15, 0.2) is 30.4 Å². The van der Waals surface area contributed by atoms with Crippen molar-refractivity contribution < 1.29 is 23.7 Å². The maximum atomic E-state index is 11.7. The van der Waals surface area contributed by atoms with Crippen molar-refractivity contribution in [2.24, 2.45) is 11.8 Å². The third kappa shape index (κ3) is 2.92. The zero-order chi connectivity index (χ0) is 18.3. The first-order valence-electron chi connectivity index (χ1n) is 9.07. The second-order valence-corrected chi connectivity index (χ2v) is 7.27. The predicted octanol–water partition coefficient (Wildman–Crippen LogP) is 2.66. The van der Waals surface area contributed by atoms with E-state index >= 15 is 0 Å². The largest absolute Gasteiger partial charge is 0.508 e. The van der Waals surface area contributed by atoms with Crippen molar-refractivity contribution in [2.75, 3.05) is 27.8 Å². The molecule has 0 N–H and O–H groups in total. The fourth-order valence-electron chi connectivity index (χ4n) is 4.58. The van der Waals surface area contributed by atoms with E-state index in [1.807, 2.05) is 12.1 Å². The molecule has 0 radical (unpaired) electrons. The smallest absolute Gasteiger partial charge is 0.493 e. The molecule has 1 aliphatic carbocycles. The van der Waals surface area contributed by atoms with E-state index in [9.17, 15) is 4.79 Å². The Kier molecular flexibility index (Phi) is 4.53. The van der Waals surface area contributed by atoms with Gasteiger partial charge in [0, 0.05) is 12.0 Å². The molecule has 0 unspecified atom stereocenters. The van der Waals surface area contributed by atoms with Gasteiger partial charge in [-0.2, -0.15) is 0 Å². The fraction of sp³-hybridized carbons (Fsp3) is 0.550. The number of hydrogen-bond donors (Lipinski definition) is 0. The highest BCUT2D eigenvalue weighted by Crippen LogP contribution is 2.43. The standard InChI is InChI=1S/C20H25NO5/c1-21-9-8-14-13-5-7-17(26-20(22)24-3)19(14)25-18-11-12(10-15(13)21)4-6-16(18)23-2/h4-7,11,13-15,17,19H,8-10H2,1-3H3/t13-,14+,15-,17+,19-/m1/s1. The molecule has 3 aliphatic rings. The van der Waals surface area contributed by atoms with Gasteiger partial charge in [0.25, 0.3) is 0 Å². The highest BCUT2D eigenvalue weighted by Gasteiger charge is 2.47. The molecule has 2 heterocycles. The average molecular weight is 359 g/mol. The van der Waals surface area contributed by atoms with E-state index in [2.05, 4.69) is 30.2 Å². The summed E-state index contributed by atoms with van der Waals surface area (Å²) in [7, 11) is 5.14. The maximum absolute atomic E-state index is 11.7. The number of hydrogen-bond acceptors (Lipinski definition) is 6. The molecule has 1 saturated heterocycles. The molecular weight excluding hydrogens is 334 g/mol. The highest BCUT2D eigenvalue weighted by atomic mass is 16.7. The second-order valence-electron chi connectivity index (χ2n) is 7.27. The van der Waals surface area contributed by atoms with Crippen LogP contribution in [0.2, 0.25) is 0 Å². The number of methoxy groups -OCH3 is 2. The Morgan fingerprint density at radius 3 is 2.88 bits per heavy atom. The molecule has 1 aromatic rings. The van der Waals surface area contributed by atoms with Crippen LogP contribution in [0.25, 0.3) is 0 Å². The molecule has 0 spiro atoms. The van der Waals surface area contributed by atoms with Gasteiger partial charge in [0.2, 0.25) is 0 Å². The van der Waals surface area contributed by atoms with Gasteiger partial charge in [0.15, 0.2) is 17.6 Å². The van der Waals surface area contributed by atoms with Gasteiger partial charge < -0.3 is 23.8 Å². The zero-order valence-electron chi connectivity index (χ0n) is 15.4. The summed E-state index contributed by atoms with van der Waals surface area (Å²) in [6, 6.07) is 6.50. The minimum atomic E-state index is -0.688. The van der Waals surface area contributed by atoms with Crippen molar-refractivity contribution in [1.82, 2.24) is 4.90 Å². The molecule has 5 atom stereocenters. The van der Waals surface area contributed by atoms with E-state index in [4.69, 9.17) is 18.9 Å². The van der Waals surface area contributed by atoms with Crippen LogP contribution < -0.4 is 9.47 Å². The number of carbonyl (C=O) groups excluding carboxylic acids is 1. The summed E-state index contributed by atoms with van der Waals surface area (Å²) in [5.41, 5.74) is 1.23. The third-order valence-electron chi connectivity index (χ3n) is 5.92. The van der Waals surface area contributed by atoms with Crippen LogP contribution >= 0.6 is 0 Å². The number of likely N-dealkylation sites (tertiary alicyclic amines) is 1. The van der Waals surface area contributed by atoms with Gasteiger partial charge in [-0.15, -0.1) is 0 Å². The van der Waals surface area contributed by atoms with Crippen molar-refractivity contribution >= 4 is 6.16 Å². The van der Waals surface area contributed by atoms with Crippen LogP contribution in [0.1, 0.15) is 12.0 Å². The Morgan fingerprint density at radius 1 is 1.27 bits per heavy atom. The summed E-state index contributed by atoms with van der Waals surface area (Å²) in [5.74, 6) is 2.03. The summed E-state index contributed by atoms with van der Waals surface area (Å²) in [5, 5.41) is 0. The topological polar surface area (TPSA) is 57.2 Å². The van der Waals surface area contributed by atoms with Crippen molar-refractivity contribution in [3.8, 4) is 11.5 Å². The van der Waals surface area contributed by atoms with Crippen molar-refractivity contribution in [3.05, 3.63) is 35.9 Å². The molecule has 0 amide bonds. The van der Waals surface area contributed by atoms with Crippen LogP contribution in [-0.4, -0.2) is 57.1 Å². The zero-order valence-corrected chi connectivity index (χ0v) is 15.4. The first-order chi connectivity index (χ1) is 12.6. The molecule has 2 aliphatic heterocycles. The number of fused-ring (bicyclic) bond motifs is 2. The number of benzene rings is 1. The molecule has 1 fully saturated rings. The number of ether oxygens (including phenoxy) is 4. The lowest BCUT2D eigenvalue weighted by atomic mass is 9.71. The number of rotatable bonds is 2. The lowest BCUT2D eigenvalue weighted by Crippen LogP contribution is -2.55. The summed E-state index contributed by atoms with van der Waals surface area (Å²) in [4.78, 5) is 14.2. The molecule has 1 aromatic carbocycles. The number of carbonyl (C=O) groups is 1. The van der Waals surface area contributed by atoms with Crippen LogP contribution in [0.4, 0.5) is 4.79 Å². The predicted molar refractivity (Wildman–Crippen MR) is 95.5 cm³/mol. The Morgan fingerprint density at radius 2 is 2.12 bits per heavy atom. The molecular formula is C20H25NO5. The average Bonchev–Trinajstić information content (AvgIpc) is 2.66. The molecule has 140 valence electrons. The molecule has 6 heteroatoms. The molecule has 4 rings (SSSR count). The highest BCUT2D eigenvalue weighted by molar-refractivity contribution is 5.60. The van der Waals surface area contributed by atoms with Crippen molar-refractivity contribution in [3.63, 3.8) is 0 Å². The van der Waals surface area contributed by atoms with Crippen molar-refractivity contribution in [2.45, 2.75) is 31.1 Å². The first-order valence-corrected chi connectivity index (χ1v) is 9.07. The minimum Gasteiger partial charge on any atom is -0.493 e. The third-order valence-corrected chi connectivity index (χ3v) is 5.92. The fourth-order valence-corrected chi connectivity index (χ4v) is 4.58. The van der Waals surface area contributed by atoms with Gasteiger partial charge >= 0.3 is 6.16 Å². The Bertz CT molecular complexity index is 718. The maximum Gasteiger partial charge on any atom is 0.508 e. The monoisotopic (exact) mass is 359 g/mol. The van der Waals surface area contributed by atoms with E-state index in [1.165, 1.54) is 12.7 Å². The van der Waals surface area contributed by atoms with Gasteiger partial charge in [0.1, 0.15) is 6.10 Å². The first kappa shape index (κ1) is 17.2. The summed E-state index contributed by atoms with van der Waals surface area (Å²) in [6.45, 7) is 0.998. The van der Waals surface area contributed by atoms with Gasteiger partial charge in [-0.25, -0.2) is 4.79 Å². The van der Waals surface area contributed by atoms with Gasteiger partial charge in [0.05, 0.1) is 14.2 Å². The molecule has 26 heavy (non-hydrogen) atoms. The molecule has 0 aromatic heterocycles. The van der Waals surface area contributed by atoms with E-state index < -0.39 is 12.3 Å². The quantitative estimate of drug-likeness (QED) is 0.598.